The number of amides is 1. The Kier molecular flexibility index (Phi) is 6.83. The number of nitrogens with zero attached hydrogens (tertiary/aromatic N) is 1. The molecule has 1 aromatic carbocycles. The van der Waals surface area contributed by atoms with E-state index < -0.39 is 0 Å². The van der Waals surface area contributed by atoms with Gasteiger partial charge in [0.2, 0.25) is 5.91 Å². The third kappa shape index (κ3) is 4.97. The molecule has 2 N–H and O–H groups in total. The minimum absolute atomic E-state index is 0.0147. The lowest BCUT2D eigenvalue weighted by molar-refractivity contribution is -0.125. The Hall–Kier alpha value is -1.79. The molecule has 1 aromatic rings. The number of piperidine rings is 1. The maximum absolute atomic E-state index is 12.8. The number of hydrogen-bond donors (Lipinski definition) is 2. The van der Waals surface area contributed by atoms with E-state index in [2.05, 4.69) is 37.9 Å². The average molecular weight is 391 g/mol. The normalized spacial score (nSPS) is 26.6. The molecular formula is C22H34N2O4. The molecule has 1 saturated heterocycles. The maximum Gasteiger partial charge on any atom is 0.234 e. The molecule has 0 spiro atoms. The van der Waals surface area contributed by atoms with E-state index in [0.29, 0.717) is 32.6 Å². The summed E-state index contributed by atoms with van der Waals surface area (Å²) in [6.45, 7) is 10.0. The molecule has 2 heterocycles. The van der Waals surface area contributed by atoms with Crippen LogP contribution in [0.15, 0.2) is 18.2 Å². The van der Waals surface area contributed by atoms with Crippen molar-refractivity contribution in [3.63, 3.8) is 0 Å². The Labute approximate surface area is 168 Å². The highest BCUT2D eigenvalue weighted by Crippen LogP contribution is 2.34. The van der Waals surface area contributed by atoms with E-state index in [1.807, 2.05) is 18.2 Å². The third-order valence-corrected chi connectivity index (χ3v) is 5.80. The van der Waals surface area contributed by atoms with Crippen LogP contribution in [0, 0.1) is 5.92 Å². The molecule has 0 aromatic heterocycles. The van der Waals surface area contributed by atoms with Crippen molar-refractivity contribution < 1.29 is 19.4 Å². The highest BCUT2D eigenvalue weighted by atomic mass is 16.5. The summed E-state index contributed by atoms with van der Waals surface area (Å²) >= 11 is 0. The van der Waals surface area contributed by atoms with E-state index in [-0.39, 0.29) is 36.1 Å². The zero-order valence-corrected chi connectivity index (χ0v) is 17.5. The van der Waals surface area contributed by atoms with E-state index in [0.717, 1.165) is 23.5 Å². The van der Waals surface area contributed by atoms with Gasteiger partial charge in [0.05, 0.1) is 31.9 Å². The van der Waals surface area contributed by atoms with Gasteiger partial charge in [-0.1, -0.05) is 19.9 Å². The molecule has 6 nitrogen and oxygen atoms in total. The second-order valence-corrected chi connectivity index (χ2v) is 8.54. The molecule has 2 aliphatic heterocycles. The number of carbonyl (C=O) groups is 1. The van der Waals surface area contributed by atoms with Crippen molar-refractivity contribution in [2.45, 2.75) is 71.2 Å². The van der Waals surface area contributed by atoms with E-state index in [4.69, 9.17) is 9.47 Å². The first kappa shape index (κ1) is 20.9. The van der Waals surface area contributed by atoms with Crippen molar-refractivity contribution in [2.24, 2.45) is 5.92 Å². The first-order valence-corrected chi connectivity index (χ1v) is 10.5. The Morgan fingerprint density at radius 1 is 1.18 bits per heavy atom. The van der Waals surface area contributed by atoms with Crippen molar-refractivity contribution >= 4 is 5.91 Å². The number of aliphatic hydroxyl groups excluding tert-OH is 1. The van der Waals surface area contributed by atoms with Gasteiger partial charge in [-0.25, -0.2) is 0 Å². The molecule has 6 heteroatoms. The molecule has 1 unspecified atom stereocenters. The first-order valence-electron chi connectivity index (χ1n) is 10.5. The van der Waals surface area contributed by atoms with Crippen LogP contribution in [0.4, 0.5) is 0 Å². The van der Waals surface area contributed by atoms with Gasteiger partial charge in [-0.2, -0.15) is 0 Å². The average Bonchev–Trinajstić information content (AvgIpc) is 2.87. The number of ether oxygens (including phenoxy) is 2. The quantitative estimate of drug-likeness (QED) is 0.809. The predicted octanol–water partition coefficient (Wildman–Crippen LogP) is 2.89. The van der Waals surface area contributed by atoms with Gasteiger partial charge in [-0.05, 0) is 50.3 Å². The Morgan fingerprint density at radius 2 is 1.82 bits per heavy atom. The number of likely N-dealkylation sites (tertiary alicyclic amines) is 1. The Morgan fingerprint density at radius 3 is 2.46 bits per heavy atom. The summed E-state index contributed by atoms with van der Waals surface area (Å²) in [7, 11) is 0. The molecule has 1 amide bonds. The lowest BCUT2D eigenvalue weighted by Gasteiger charge is -2.40. The van der Waals surface area contributed by atoms with Gasteiger partial charge in [-0.3, -0.25) is 9.69 Å². The van der Waals surface area contributed by atoms with Crippen LogP contribution in [0.3, 0.4) is 0 Å². The Bertz CT molecular complexity index is 667. The van der Waals surface area contributed by atoms with Crippen molar-refractivity contribution in [2.75, 3.05) is 19.8 Å². The van der Waals surface area contributed by atoms with Crippen LogP contribution in [0.25, 0.3) is 0 Å². The second kappa shape index (κ2) is 9.14. The summed E-state index contributed by atoms with van der Waals surface area (Å²) in [6, 6.07) is 6.24. The van der Waals surface area contributed by atoms with Gasteiger partial charge < -0.3 is 19.9 Å². The fourth-order valence-electron chi connectivity index (χ4n) is 4.29. The fraction of sp³-hybridized carbons (Fsp3) is 0.682. The van der Waals surface area contributed by atoms with Crippen molar-refractivity contribution in [3.8, 4) is 11.5 Å². The Balaban J connectivity index is 1.69. The van der Waals surface area contributed by atoms with Gasteiger partial charge in [0.1, 0.15) is 0 Å². The topological polar surface area (TPSA) is 71.0 Å². The van der Waals surface area contributed by atoms with E-state index in [1.54, 1.807) is 0 Å². The minimum atomic E-state index is -0.269. The SMILES string of the molecule is CC(C)[C@H](NC(=O)CN1[C@H](C)CC(O)C[C@@H]1C)c1ccc2c(c1)OCCCO2. The van der Waals surface area contributed by atoms with Gasteiger partial charge >= 0.3 is 0 Å². The molecule has 0 saturated carbocycles. The smallest absolute Gasteiger partial charge is 0.234 e. The van der Waals surface area contributed by atoms with E-state index in [9.17, 15) is 9.90 Å². The first-order chi connectivity index (χ1) is 13.3. The summed E-state index contributed by atoms with van der Waals surface area (Å²) in [5, 5.41) is 13.2. The number of nitrogens with one attached hydrogen (secondary N) is 1. The maximum atomic E-state index is 12.8. The molecule has 0 radical (unpaired) electrons. The summed E-state index contributed by atoms with van der Waals surface area (Å²) in [4.78, 5) is 15.0. The number of benzene rings is 1. The molecular weight excluding hydrogens is 356 g/mol. The highest BCUT2D eigenvalue weighted by molar-refractivity contribution is 5.78. The lowest BCUT2D eigenvalue weighted by Crippen LogP contribution is -2.52. The predicted molar refractivity (Wildman–Crippen MR) is 109 cm³/mol. The summed E-state index contributed by atoms with van der Waals surface area (Å²) in [5.74, 6) is 1.78. The van der Waals surface area contributed by atoms with E-state index in [1.165, 1.54) is 0 Å². The van der Waals surface area contributed by atoms with Crippen LogP contribution in [-0.4, -0.2) is 53.9 Å². The number of carbonyl (C=O) groups excluding carboxylic acids is 1. The standard InChI is InChI=1S/C22H34N2O4/c1-14(2)22(17-6-7-19-20(12-17)28-9-5-8-27-19)23-21(26)13-24-15(3)10-18(25)11-16(24)4/h6-7,12,14-16,18,22,25H,5,8-11,13H2,1-4H3,(H,23,26)/t15-,16+,18?,22-/m0/s1. The van der Waals surface area contributed by atoms with Crippen LogP contribution in [0.1, 0.15) is 58.6 Å². The van der Waals surface area contributed by atoms with Crippen LogP contribution in [0.2, 0.25) is 0 Å². The van der Waals surface area contributed by atoms with Crippen LogP contribution >= 0.6 is 0 Å². The molecule has 4 atom stereocenters. The van der Waals surface area contributed by atoms with Crippen molar-refractivity contribution in [1.29, 1.82) is 0 Å². The number of hydrogen-bond acceptors (Lipinski definition) is 5. The molecule has 0 aliphatic carbocycles. The number of rotatable bonds is 5. The molecule has 1 fully saturated rings. The second-order valence-electron chi connectivity index (χ2n) is 8.54. The summed E-state index contributed by atoms with van der Waals surface area (Å²) in [5.41, 5.74) is 1.03. The van der Waals surface area contributed by atoms with Crippen molar-refractivity contribution in [1.82, 2.24) is 10.2 Å². The molecule has 3 rings (SSSR count). The zero-order chi connectivity index (χ0) is 20.3. The third-order valence-electron chi connectivity index (χ3n) is 5.80. The molecule has 156 valence electrons. The highest BCUT2D eigenvalue weighted by Gasteiger charge is 2.31. The monoisotopic (exact) mass is 390 g/mol. The van der Waals surface area contributed by atoms with Gasteiger partial charge in [0.15, 0.2) is 11.5 Å². The van der Waals surface area contributed by atoms with E-state index >= 15 is 0 Å². The number of fused-ring (bicyclic) bond motifs is 1. The van der Waals surface area contributed by atoms with Crippen molar-refractivity contribution in [3.05, 3.63) is 23.8 Å². The molecule has 2 aliphatic rings. The van der Waals surface area contributed by atoms with Crippen LogP contribution in [0.5, 0.6) is 11.5 Å². The number of aliphatic hydroxyl groups is 1. The summed E-state index contributed by atoms with van der Waals surface area (Å²) < 4.78 is 11.5. The lowest BCUT2D eigenvalue weighted by atomic mass is 9.94. The summed E-state index contributed by atoms with van der Waals surface area (Å²) in [6.07, 6.45) is 2.03. The van der Waals surface area contributed by atoms with Gasteiger partial charge in [0.25, 0.3) is 0 Å². The van der Waals surface area contributed by atoms with Crippen LogP contribution in [-0.2, 0) is 4.79 Å². The van der Waals surface area contributed by atoms with Crippen LogP contribution < -0.4 is 14.8 Å². The largest absolute Gasteiger partial charge is 0.490 e. The zero-order valence-electron chi connectivity index (χ0n) is 17.5. The van der Waals surface area contributed by atoms with Gasteiger partial charge in [-0.15, -0.1) is 0 Å². The minimum Gasteiger partial charge on any atom is -0.490 e. The molecule has 28 heavy (non-hydrogen) atoms. The fourth-order valence-corrected chi connectivity index (χ4v) is 4.29. The molecule has 0 bridgehead atoms. The van der Waals surface area contributed by atoms with Gasteiger partial charge in [0, 0.05) is 18.5 Å².